The Labute approximate surface area is 115 Å². The van der Waals surface area contributed by atoms with Crippen LogP contribution >= 0.6 is 0 Å². The van der Waals surface area contributed by atoms with E-state index in [1.54, 1.807) is 7.11 Å². The number of carbonyl (C=O) groups excluding carboxylic acids is 1. The summed E-state index contributed by atoms with van der Waals surface area (Å²) in [4.78, 5) is 14.8. The molecule has 0 aromatic carbocycles. The highest BCUT2D eigenvalue weighted by molar-refractivity contribution is 5.82. The van der Waals surface area contributed by atoms with E-state index in [1.165, 1.54) is 7.11 Å². The van der Waals surface area contributed by atoms with Crippen LogP contribution in [0, 0.1) is 0 Å². The summed E-state index contributed by atoms with van der Waals surface area (Å²) < 4.78 is 10.8. The second-order valence-electron chi connectivity index (χ2n) is 5.48. The van der Waals surface area contributed by atoms with E-state index in [2.05, 4.69) is 10.2 Å². The molecule has 0 bridgehead atoms. The standard InChI is InChI=1S/C14H26N2O3/c1-18-12-6-3-4-7-14(12,13(17)19-2)16-10-5-8-15-9-11-16/h12,15H,3-11H2,1-2H3. The molecule has 5 nitrogen and oxygen atoms in total. The zero-order valence-electron chi connectivity index (χ0n) is 12.1. The number of nitrogens with zero attached hydrogens (tertiary/aromatic N) is 1. The Morgan fingerprint density at radius 1 is 1.21 bits per heavy atom. The van der Waals surface area contributed by atoms with Crippen LogP contribution < -0.4 is 5.32 Å². The van der Waals surface area contributed by atoms with Crippen molar-refractivity contribution in [3.63, 3.8) is 0 Å². The summed E-state index contributed by atoms with van der Waals surface area (Å²) in [7, 11) is 3.20. The van der Waals surface area contributed by atoms with Crippen molar-refractivity contribution in [3.05, 3.63) is 0 Å². The quantitative estimate of drug-likeness (QED) is 0.768. The van der Waals surface area contributed by atoms with E-state index in [4.69, 9.17) is 9.47 Å². The van der Waals surface area contributed by atoms with Gasteiger partial charge in [0.05, 0.1) is 13.2 Å². The van der Waals surface area contributed by atoms with Gasteiger partial charge in [-0.1, -0.05) is 12.8 Å². The second kappa shape index (κ2) is 6.68. The van der Waals surface area contributed by atoms with Gasteiger partial charge in [0.1, 0.15) is 5.54 Å². The monoisotopic (exact) mass is 270 g/mol. The summed E-state index contributed by atoms with van der Waals surface area (Å²) in [6, 6.07) is 0. The summed E-state index contributed by atoms with van der Waals surface area (Å²) in [5.41, 5.74) is -0.576. The zero-order valence-corrected chi connectivity index (χ0v) is 12.1. The molecule has 0 radical (unpaired) electrons. The second-order valence-corrected chi connectivity index (χ2v) is 5.48. The molecule has 0 aromatic heterocycles. The minimum absolute atomic E-state index is 0.0493. The van der Waals surface area contributed by atoms with Gasteiger partial charge in [-0.15, -0.1) is 0 Å². The van der Waals surface area contributed by atoms with Gasteiger partial charge in [-0.3, -0.25) is 4.90 Å². The van der Waals surface area contributed by atoms with Gasteiger partial charge in [-0.05, 0) is 25.8 Å². The zero-order chi connectivity index (χ0) is 13.7. The van der Waals surface area contributed by atoms with Gasteiger partial charge in [0.25, 0.3) is 0 Å². The summed E-state index contributed by atoms with van der Waals surface area (Å²) in [6.45, 7) is 3.76. The van der Waals surface area contributed by atoms with Crippen molar-refractivity contribution in [2.24, 2.45) is 0 Å². The first-order chi connectivity index (χ1) is 9.25. The highest BCUT2D eigenvalue weighted by atomic mass is 16.5. The van der Waals surface area contributed by atoms with Gasteiger partial charge in [-0.25, -0.2) is 4.79 Å². The van der Waals surface area contributed by atoms with E-state index in [0.717, 1.165) is 58.3 Å². The van der Waals surface area contributed by atoms with Gasteiger partial charge in [0, 0.05) is 26.7 Å². The van der Waals surface area contributed by atoms with Gasteiger partial charge in [0.15, 0.2) is 0 Å². The molecule has 2 rings (SSSR count). The summed E-state index contributed by atoms with van der Waals surface area (Å²) in [5.74, 6) is -0.124. The Morgan fingerprint density at radius 2 is 2.05 bits per heavy atom. The van der Waals surface area contributed by atoms with Crippen LogP contribution in [0.15, 0.2) is 0 Å². The molecule has 2 fully saturated rings. The molecule has 0 amide bonds. The number of esters is 1. The van der Waals surface area contributed by atoms with Crippen molar-refractivity contribution in [2.75, 3.05) is 40.4 Å². The molecule has 2 unspecified atom stereocenters. The highest BCUT2D eigenvalue weighted by Gasteiger charge is 2.52. The van der Waals surface area contributed by atoms with Crippen molar-refractivity contribution in [1.29, 1.82) is 0 Å². The lowest BCUT2D eigenvalue weighted by atomic mass is 9.77. The third-order valence-electron chi connectivity index (χ3n) is 4.53. The van der Waals surface area contributed by atoms with Crippen molar-refractivity contribution in [1.82, 2.24) is 10.2 Å². The fraction of sp³-hybridized carbons (Fsp3) is 0.929. The van der Waals surface area contributed by atoms with Crippen LogP contribution in [0.1, 0.15) is 32.1 Å². The number of ether oxygens (including phenoxy) is 2. The molecule has 1 aliphatic carbocycles. The Balaban J connectivity index is 2.28. The van der Waals surface area contributed by atoms with Crippen molar-refractivity contribution in [3.8, 4) is 0 Å². The van der Waals surface area contributed by atoms with Gasteiger partial charge >= 0.3 is 5.97 Å². The molecule has 1 saturated heterocycles. The topological polar surface area (TPSA) is 50.8 Å². The maximum atomic E-state index is 12.5. The minimum Gasteiger partial charge on any atom is -0.468 e. The van der Waals surface area contributed by atoms with E-state index in [9.17, 15) is 4.79 Å². The molecular weight excluding hydrogens is 244 g/mol. The molecule has 1 heterocycles. The third kappa shape index (κ3) is 2.78. The number of rotatable bonds is 3. The molecule has 110 valence electrons. The maximum Gasteiger partial charge on any atom is 0.329 e. The van der Waals surface area contributed by atoms with Crippen LogP contribution in [-0.2, 0) is 14.3 Å². The fourth-order valence-electron chi connectivity index (χ4n) is 3.58. The minimum atomic E-state index is -0.576. The first kappa shape index (κ1) is 14.8. The molecule has 1 saturated carbocycles. The predicted octanol–water partition coefficient (Wildman–Crippen LogP) is 0.783. The van der Waals surface area contributed by atoms with Gasteiger partial charge < -0.3 is 14.8 Å². The third-order valence-corrected chi connectivity index (χ3v) is 4.53. The Morgan fingerprint density at radius 3 is 2.79 bits per heavy atom. The fourth-order valence-corrected chi connectivity index (χ4v) is 3.58. The smallest absolute Gasteiger partial charge is 0.329 e. The number of hydrogen-bond acceptors (Lipinski definition) is 5. The average molecular weight is 270 g/mol. The highest BCUT2D eigenvalue weighted by Crippen LogP contribution is 2.37. The predicted molar refractivity (Wildman–Crippen MR) is 73.1 cm³/mol. The summed E-state index contributed by atoms with van der Waals surface area (Å²) in [5, 5.41) is 3.39. The van der Waals surface area contributed by atoms with Crippen molar-refractivity contribution < 1.29 is 14.3 Å². The van der Waals surface area contributed by atoms with Crippen LogP contribution in [0.5, 0.6) is 0 Å². The first-order valence-corrected chi connectivity index (χ1v) is 7.32. The first-order valence-electron chi connectivity index (χ1n) is 7.32. The van der Waals surface area contributed by atoms with E-state index >= 15 is 0 Å². The Hall–Kier alpha value is -0.650. The van der Waals surface area contributed by atoms with Gasteiger partial charge in [-0.2, -0.15) is 0 Å². The van der Waals surface area contributed by atoms with E-state index in [-0.39, 0.29) is 12.1 Å². The van der Waals surface area contributed by atoms with Crippen molar-refractivity contribution in [2.45, 2.75) is 43.7 Å². The Kier molecular flexibility index (Phi) is 5.19. The van der Waals surface area contributed by atoms with Crippen LogP contribution in [0.25, 0.3) is 0 Å². The van der Waals surface area contributed by atoms with Crippen LogP contribution in [0.2, 0.25) is 0 Å². The molecule has 2 atom stereocenters. The van der Waals surface area contributed by atoms with Crippen molar-refractivity contribution >= 4 is 5.97 Å². The lowest BCUT2D eigenvalue weighted by molar-refractivity contribution is -0.171. The lowest BCUT2D eigenvalue weighted by Gasteiger charge is -2.47. The largest absolute Gasteiger partial charge is 0.468 e. The summed E-state index contributed by atoms with van der Waals surface area (Å²) >= 11 is 0. The summed E-state index contributed by atoms with van der Waals surface area (Å²) in [6.07, 6.45) is 5.00. The molecule has 1 N–H and O–H groups in total. The average Bonchev–Trinajstić information content (AvgIpc) is 2.75. The molecule has 0 spiro atoms. The van der Waals surface area contributed by atoms with Gasteiger partial charge in [0.2, 0.25) is 0 Å². The molecule has 5 heteroatoms. The molecule has 19 heavy (non-hydrogen) atoms. The van der Waals surface area contributed by atoms with E-state index in [1.807, 2.05) is 0 Å². The van der Waals surface area contributed by atoms with E-state index < -0.39 is 5.54 Å². The van der Waals surface area contributed by atoms with Crippen LogP contribution in [0.4, 0.5) is 0 Å². The number of methoxy groups -OCH3 is 2. The van der Waals surface area contributed by atoms with E-state index in [0.29, 0.717) is 0 Å². The number of carbonyl (C=O) groups is 1. The molecule has 0 aromatic rings. The maximum absolute atomic E-state index is 12.5. The number of nitrogens with one attached hydrogen (secondary N) is 1. The molecule has 2 aliphatic rings. The molecule has 1 aliphatic heterocycles. The number of hydrogen-bond donors (Lipinski definition) is 1. The normalized spacial score (nSPS) is 33.7. The Bertz CT molecular complexity index is 303. The lowest BCUT2D eigenvalue weighted by Crippen LogP contribution is -2.64. The van der Waals surface area contributed by atoms with Crippen LogP contribution in [-0.4, -0.2) is 62.9 Å². The molecular formula is C14H26N2O3. The van der Waals surface area contributed by atoms with Crippen LogP contribution in [0.3, 0.4) is 0 Å². The SMILES string of the molecule is COC(=O)C1(N2CCCNCC2)CCCCC1OC.